The van der Waals surface area contributed by atoms with Crippen molar-refractivity contribution in [2.45, 2.75) is 46.2 Å². The van der Waals surface area contributed by atoms with E-state index in [1.54, 1.807) is 11.3 Å². The Morgan fingerprint density at radius 3 is 2.42 bits per heavy atom. The minimum atomic E-state index is 0.287. The highest BCUT2D eigenvalue weighted by Gasteiger charge is 2.17. The molecule has 2 aromatic rings. The summed E-state index contributed by atoms with van der Waals surface area (Å²) in [6.45, 7) is 8.65. The number of aromatic nitrogens is 1. The zero-order chi connectivity index (χ0) is 13.8. The van der Waals surface area contributed by atoms with Gasteiger partial charge in [-0.05, 0) is 32.8 Å². The van der Waals surface area contributed by atoms with Crippen LogP contribution in [-0.4, -0.2) is 4.98 Å². The lowest BCUT2D eigenvalue weighted by molar-refractivity contribution is 0.450. The van der Waals surface area contributed by atoms with Gasteiger partial charge in [0.05, 0.1) is 10.7 Å². The van der Waals surface area contributed by atoms with Crippen LogP contribution in [0.4, 0.5) is 0 Å². The second-order valence-electron chi connectivity index (χ2n) is 4.93. The molecule has 2 atom stereocenters. The van der Waals surface area contributed by atoms with E-state index in [2.05, 4.69) is 68.3 Å². The molecular weight excluding hydrogens is 252 g/mol. The molecule has 1 aromatic carbocycles. The van der Waals surface area contributed by atoms with Gasteiger partial charge in [-0.1, -0.05) is 37.3 Å². The Balaban J connectivity index is 2.13. The average Bonchev–Trinajstić information content (AvgIpc) is 2.76. The van der Waals surface area contributed by atoms with Gasteiger partial charge in [-0.15, -0.1) is 11.3 Å². The monoisotopic (exact) mass is 274 g/mol. The molecular formula is C16H22N2S. The van der Waals surface area contributed by atoms with E-state index in [4.69, 9.17) is 0 Å². The summed E-state index contributed by atoms with van der Waals surface area (Å²) < 4.78 is 0. The topological polar surface area (TPSA) is 24.9 Å². The number of thiazole rings is 1. The Morgan fingerprint density at radius 1 is 1.21 bits per heavy atom. The van der Waals surface area contributed by atoms with Crippen molar-refractivity contribution in [2.75, 3.05) is 0 Å². The highest BCUT2D eigenvalue weighted by atomic mass is 32.1. The molecule has 2 nitrogen and oxygen atoms in total. The zero-order valence-electron chi connectivity index (χ0n) is 12.1. The lowest BCUT2D eigenvalue weighted by atomic mass is 10.0. The van der Waals surface area contributed by atoms with E-state index in [0.717, 1.165) is 11.4 Å². The fraction of sp³-hybridized carbons (Fsp3) is 0.438. The molecule has 0 aliphatic carbocycles. The summed E-state index contributed by atoms with van der Waals surface area (Å²) in [5.41, 5.74) is 2.54. The standard InChI is InChI=1S/C16H22N2S/c1-5-15(14-9-7-6-8-10-14)17-11(2)16-12(3)19-13(4)18-16/h6-11,15,17H,5H2,1-4H3. The molecule has 2 unspecified atom stereocenters. The van der Waals surface area contributed by atoms with Crippen LogP contribution < -0.4 is 5.32 Å². The quantitative estimate of drug-likeness (QED) is 0.864. The third kappa shape index (κ3) is 3.43. The number of nitrogens with zero attached hydrogens (tertiary/aromatic N) is 1. The van der Waals surface area contributed by atoms with Crippen LogP contribution in [0.5, 0.6) is 0 Å². The molecule has 0 aliphatic heterocycles. The molecule has 1 aromatic heterocycles. The molecule has 2 rings (SSSR count). The summed E-state index contributed by atoms with van der Waals surface area (Å²) in [5, 5.41) is 4.84. The van der Waals surface area contributed by atoms with Crippen LogP contribution in [0.1, 0.15) is 53.5 Å². The molecule has 1 N–H and O–H groups in total. The van der Waals surface area contributed by atoms with E-state index in [0.29, 0.717) is 6.04 Å². The minimum Gasteiger partial charge on any atom is -0.302 e. The van der Waals surface area contributed by atoms with Gasteiger partial charge in [0.15, 0.2) is 0 Å². The molecule has 0 fully saturated rings. The molecule has 102 valence electrons. The van der Waals surface area contributed by atoms with Crippen LogP contribution in [-0.2, 0) is 0 Å². The van der Waals surface area contributed by atoms with Crippen molar-refractivity contribution in [1.82, 2.24) is 10.3 Å². The van der Waals surface area contributed by atoms with Crippen molar-refractivity contribution in [3.63, 3.8) is 0 Å². The lowest BCUT2D eigenvalue weighted by Crippen LogP contribution is -2.24. The van der Waals surface area contributed by atoms with Gasteiger partial charge in [0.2, 0.25) is 0 Å². The van der Waals surface area contributed by atoms with Crippen LogP contribution in [0.15, 0.2) is 30.3 Å². The van der Waals surface area contributed by atoms with Gasteiger partial charge < -0.3 is 5.32 Å². The third-order valence-electron chi connectivity index (χ3n) is 3.41. The maximum Gasteiger partial charge on any atom is 0.0900 e. The molecule has 1 heterocycles. The zero-order valence-corrected chi connectivity index (χ0v) is 12.9. The number of nitrogens with one attached hydrogen (secondary N) is 1. The van der Waals surface area contributed by atoms with Crippen LogP contribution in [0.2, 0.25) is 0 Å². The summed E-state index contributed by atoms with van der Waals surface area (Å²) in [6, 6.07) is 11.3. The van der Waals surface area contributed by atoms with Crippen molar-refractivity contribution in [3.8, 4) is 0 Å². The number of aryl methyl sites for hydroxylation is 2. The lowest BCUT2D eigenvalue weighted by Gasteiger charge is -2.22. The first-order valence-corrected chi connectivity index (χ1v) is 7.68. The van der Waals surface area contributed by atoms with Crippen LogP contribution >= 0.6 is 11.3 Å². The minimum absolute atomic E-state index is 0.287. The summed E-state index contributed by atoms with van der Waals surface area (Å²) in [5.74, 6) is 0. The molecule has 0 amide bonds. The second-order valence-corrected chi connectivity index (χ2v) is 6.34. The van der Waals surface area contributed by atoms with Gasteiger partial charge in [0, 0.05) is 17.0 Å². The van der Waals surface area contributed by atoms with E-state index in [9.17, 15) is 0 Å². The first-order valence-electron chi connectivity index (χ1n) is 6.86. The van der Waals surface area contributed by atoms with Crippen molar-refractivity contribution < 1.29 is 0 Å². The van der Waals surface area contributed by atoms with Gasteiger partial charge in [0.25, 0.3) is 0 Å². The normalized spacial score (nSPS) is 14.3. The highest BCUT2D eigenvalue weighted by Crippen LogP contribution is 2.26. The van der Waals surface area contributed by atoms with Gasteiger partial charge in [-0.2, -0.15) is 0 Å². The van der Waals surface area contributed by atoms with Crippen molar-refractivity contribution in [2.24, 2.45) is 0 Å². The molecule has 0 saturated carbocycles. The highest BCUT2D eigenvalue weighted by molar-refractivity contribution is 7.11. The fourth-order valence-electron chi connectivity index (χ4n) is 2.46. The van der Waals surface area contributed by atoms with Gasteiger partial charge in [-0.25, -0.2) is 4.98 Å². The van der Waals surface area contributed by atoms with Gasteiger partial charge in [0.1, 0.15) is 0 Å². The summed E-state index contributed by atoms with van der Waals surface area (Å²) in [4.78, 5) is 5.97. The van der Waals surface area contributed by atoms with E-state index >= 15 is 0 Å². The van der Waals surface area contributed by atoms with E-state index in [1.807, 2.05) is 0 Å². The summed E-state index contributed by atoms with van der Waals surface area (Å²) in [6.07, 6.45) is 1.08. The molecule has 0 aliphatic rings. The third-order valence-corrected chi connectivity index (χ3v) is 4.31. The van der Waals surface area contributed by atoms with Gasteiger partial charge in [-0.3, -0.25) is 0 Å². The maximum atomic E-state index is 4.65. The Hall–Kier alpha value is -1.19. The van der Waals surface area contributed by atoms with Crippen molar-refractivity contribution >= 4 is 11.3 Å². The molecule has 0 bridgehead atoms. The Kier molecular flexibility index (Phi) is 4.72. The maximum absolute atomic E-state index is 4.65. The first kappa shape index (κ1) is 14.2. The van der Waals surface area contributed by atoms with Crippen LogP contribution in [0.3, 0.4) is 0 Å². The molecule has 0 spiro atoms. The van der Waals surface area contributed by atoms with Gasteiger partial charge >= 0.3 is 0 Å². The van der Waals surface area contributed by atoms with Crippen LogP contribution in [0.25, 0.3) is 0 Å². The molecule has 3 heteroatoms. The van der Waals surface area contributed by atoms with Crippen molar-refractivity contribution in [3.05, 3.63) is 51.5 Å². The smallest absolute Gasteiger partial charge is 0.0900 e. The Morgan fingerprint density at radius 2 is 1.89 bits per heavy atom. The van der Waals surface area contributed by atoms with Crippen molar-refractivity contribution in [1.29, 1.82) is 0 Å². The molecule has 0 radical (unpaired) electrons. The summed E-state index contributed by atoms with van der Waals surface area (Å²) >= 11 is 1.78. The largest absolute Gasteiger partial charge is 0.302 e. The second kappa shape index (κ2) is 6.31. The Labute approximate surface area is 119 Å². The van der Waals surface area contributed by atoms with E-state index in [-0.39, 0.29) is 6.04 Å². The molecule has 19 heavy (non-hydrogen) atoms. The number of rotatable bonds is 5. The van der Waals surface area contributed by atoms with Crippen LogP contribution in [0, 0.1) is 13.8 Å². The number of hydrogen-bond donors (Lipinski definition) is 1. The predicted octanol–water partition coefficient (Wildman–Crippen LogP) is 4.56. The average molecular weight is 274 g/mol. The first-order chi connectivity index (χ1) is 9.11. The predicted molar refractivity (Wildman–Crippen MR) is 82.6 cm³/mol. The summed E-state index contributed by atoms with van der Waals surface area (Å²) in [7, 11) is 0. The number of benzene rings is 1. The molecule has 0 saturated heterocycles. The fourth-order valence-corrected chi connectivity index (χ4v) is 3.38. The van der Waals surface area contributed by atoms with E-state index in [1.165, 1.54) is 16.1 Å². The van der Waals surface area contributed by atoms with E-state index < -0.39 is 0 Å². The number of hydrogen-bond acceptors (Lipinski definition) is 3. The Bertz CT molecular complexity index is 519. The SMILES string of the molecule is CCC(NC(C)c1nc(C)sc1C)c1ccccc1.